The number of aliphatic hydroxyl groups excluding tert-OH is 1. The molecule has 1 N–H and O–H groups in total. The normalized spacial score (nSPS) is 20.5. The third-order valence-corrected chi connectivity index (χ3v) is 3.53. The minimum atomic E-state index is -0.293. The number of aliphatic imine (C=N–C) groups is 1. The van der Waals surface area contributed by atoms with Crippen LogP contribution in [0.5, 0.6) is 0 Å². The molecule has 1 aliphatic heterocycles. The highest BCUT2D eigenvalue weighted by molar-refractivity contribution is 8.02. The Labute approximate surface area is 101 Å². The first-order valence-electron chi connectivity index (χ1n) is 5.31. The van der Waals surface area contributed by atoms with Crippen molar-refractivity contribution in [2.24, 2.45) is 10.4 Å². The van der Waals surface area contributed by atoms with Crippen molar-refractivity contribution in [3.63, 3.8) is 0 Å². The largest absolute Gasteiger partial charge is 0.395 e. The summed E-state index contributed by atoms with van der Waals surface area (Å²) in [4.78, 5) is 4.43. The van der Waals surface area contributed by atoms with Gasteiger partial charge in [0.1, 0.15) is 0 Å². The molecule has 90 valence electrons. The fourth-order valence-corrected chi connectivity index (χ4v) is 2.01. The highest BCUT2D eigenvalue weighted by atomic mass is 32.2. The molecule has 4 heteroatoms. The number of aliphatic hydroxyl groups is 1. The highest BCUT2D eigenvalue weighted by Gasteiger charge is 2.35. The summed E-state index contributed by atoms with van der Waals surface area (Å²) in [6, 6.07) is 0. The lowest BCUT2D eigenvalue weighted by Crippen LogP contribution is -2.39. The zero-order valence-electron chi connectivity index (χ0n) is 9.74. The predicted molar refractivity (Wildman–Crippen MR) is 69.9 cm³/mol. The van der Waals surface area contributed by atoms with Crippen LogP contribution in [0.15, 0.2) is 29.3 Å². The van der Waals surface area contributed by atoms with Gasteiger partial charge in [0.2, 0.25) is 0 Å². The number of hydrogen-bond donors (Lipinski definition) is 1. The van der Waals surface area contributed by atoms with Crippen LogP contribution in [0, 0.1) is 5.41 Å². The van der Waals surface area contributed by atoms with Gasteiger partial charge in [-0.1, -0.05) is 13.2 Å². The van der Waals surface area contributed by atoms with Crippen molar-refractivity contribution in [3.8, 4) is 0 Å². The van der Waals surface area contributed by atoms with Crippen LogP contribution in [0.1, 0.15) is 12.8 Å². The second-order valence-corrected chi connectivity index (χ2v) is 4.73. The van der Waals surface area contributed by atoms with E-state index in [-0.39, 0.29) is 12.0 Å². The molecular weight excluding hydrogens is 222 g/mol. The molecular formula is C12H19NO2S. The Kier molecular flexibility index (Phi) is 5.25. The maximum atomic E-state index is 9.61. The highest BCUT2D eigenvalue weighted by Crippen LogP contribution is 2.33. The van der Waals surface area contributed by atoms with Gasteiger partial charge in [-0.15, -0.1) is 11.8 Å². The zero-order chi connectivity index (χ0) is 12.0. The summed E-state index contributed by atoms with van der Waals surface area (Å²) in [7, 11) is 0. The molecule has 0 aromatic rings. The van der Waals surface area contributed by atoms with Crippen LogP contribution in [0.2, 0.25) is 0 Å². The molecule has 0 atom stereocenters. The molecule has 1 aliphatic rings. The number of ether oxygens (including phenoxy) is 1. The summed E-state index contributed by atoms with van der Waals surface area (Å²) >= 11 is 1.50. The topological polar surface area (TPSA) is 41.8 Å². The molecule has 1 rings (SSSR count). The van der Waals surface area contributed by atoms with Crippen LogP contribution < -0.4 is 0 Å². The molecule has 1 fully saturated rings. The Hall–Kier alpha value is -0.580. The van der Waals surface area contributed by atoms with Crippen molar-refractivity contribution in [1.29, 1.82) is 0 Å². The van der Waals surface area contributed by atoms with Crippen molar-refractivity contribution >= 4 is 17.5 Å². The van der Waals surface area contributed by atoms with Crippen LogP contribution >= 0.6 is 11.8 Å². The lowest BCUT2D eigenvalue weighted by Gasteiger charge is -2.35. The van der Waals surface area contributed by atoms with Gasteiger partial charge in [-0.3, -0.25) is 0 Å². The Morgan fingerprint density at radius 1 is 1.56 bits per heavy atom. The number of allylic oxidation sites excluding steroid dienone is 1. The van der Waals surface area contributed by atoms with Gasteiger partial charge in [0.05, 0.1) is 11.6 Å². The first-order valence-corrected chi connectivity index (χ1v) is 6.54. The third-order valence-electron chi connectivity index (χ3n) is 2.97. The average molecular weight is 241 g/mol. The average Bonchev–Trinajstić information content (AvgIpc) is 2.36. The quantitative estimate of drug-likeness (QED) is 0.751. The van der Waals surface area contributed by atoms with E-state index in [9.17, 15) is 5.11 Å². The van der Waals surface area contributed by atoms with Crippen LogP contribution in [0.25, 0.3) is 0 Å². The molecule has 0 amide bonds. The molecule has 0 unspecified atom stereocenters. The van der Waals surface area contributed by atoms with Crippen molar-refractivity contribution in [1.82, 2.24) is 0 Å². The lowest BCUT2D eigenvalue weighted by atomic mass is 9.76. The summed E-state index contributed by atoms with van der Waals surface area (Å²) in [6.45, 7) is 9.04. The van der Waals surface area contributed by atoms with Crippen molar-refractivity contribution in [3.05, 3.63) is 24.3 Å². The zero-order valence-corrected chi connectivity index (χ0v) is 10.6. The second-order valence-electron chi connectivity index (χ2n) is 3.85. The molecule has 1 heterocycles. The Morgan fingerprint density at radius 3 is 2.62 bits per heavy atom. The van der Waals surface area contributed by atoms with Crippen LogP contribution in [0.4, 0.5) is 0 Å². The number of hydrogen-bond acceptors (Lipinski definition) is 4. The minimum absolute atomic E-state index is 0.0862. The summed E-state index contributed by atoms with van der Waals surface area (Å²) in [5.41, 5.74) is 0.538. The molecule has 1 saturated heterocycles. The van der Waals surface area contributed by atoms with E-state index >= 15 is 0 Å². The van der Waals surface area contributed by atoms with Crippen molar-refractivity contribution in [2.45, 2.75) is 12.8 Å². The molecule has 0 spiro atoms. The molecule has 16 heavy (non-hydrogen) atoms. The van der Waals surface area contributed by atoms with Crippen LogP contribution in [-0.2, 0) is 4.74 Å². The Bertz CT molecular complexity index is 293. The predicted octanol–water partition coefficient (Wildman–Crippen LogP) is 2.24. The molecule has 0 aliphatic carbocycles. The van der Waals surface area contributed by atoms with E-state index in [0.717, 1.165) is 23.6 Å². The van der Waals surface area contributed by atoms with E-state index in [1.165, 1.54) is 11.8 Å². The Morgan fingerprint density at radius 2 is 2.19 bits per heavy atom. The van der Waals surface area contributed by atoms with Gasteiger partial charge in [-0.05, 0) is 25.2 Å². The van der Waals surface area contributed by atoms with E-state index in [1.807, 2.05) is 6.26 Å². The van der Waals surface area contributed by atoms with Crippen LogP contribution in [0.3, 0.4) is 0 Å². The number of rotatable bonds is 5. The van der Waals surface area contributed by atoms with Gasteiger partial charge in [0.15, 0.2) is 0 Å². The fraction of sp³-hybridized carbons (Fsp3) is 0.583. The summed E-state index contributed by atoms with van der Waals surface area (Å²) in [6.07, 6.45) is 5.23. The van der Waals surface area contributed by atoms with Gasteiger partial charge < -0.3 is 9.84 Å². The van der Waals surface area contributed by atoms with E-state index in [4.69, 9.17) is 4.74 Å². The fourth-order valence-electron chi connectivity index (χ4n) is 1.82. The molecule has 0 radical (unpaired) electrons. The van der Waals surface area contributed by atoms with E-state index in [0.29, 0.717) is 13.2 Å². The maximum absolute atomic E-state index is 9.61. The molecule has 0 aromatic heterocycles. The monoisotopic (exact) mass is 241 g/mol. The lowest BCUT2D eigenvalue weighted by molar-refractivity contribution is 0.0201. The van der Waals surface area contributed by atoms with Gasteiger partial charge in [0, 0.05) is 24.3 Å². The summed E-state index contributed by atoms with van der Waals surface area (Å²) in [5.74, 6) is 0. The SMILES string of the molecule is C=CC(=NC(=C)SC)C1(CO)CCOCC1. The summed E-state index contributed by atoms with van der Waals surface area (Å²) < 4.78 is 5.32. The first-order chi connectivity index (χ1) is 7.68. The standard InChI is InChI=1S/C12H19NO2S/c1-4-11(13-10(2)16-3)12(9-14)5-7-15-8-6-12/h4,14H,1-2,5-9H2,3H3. The number of nitrogens with zero attached hydrogens (tertiary/aromatic N) is 1. The Balaban J connectivity index is 2.94. The van der Waals surface area contributed by atoms with Gasteiger partial charge in [-0.2, -0.15) is 0 Å². The smallest absolute Gasteiger partial charge is 0.0888 e. The van der Waals surface area contributed by atoms with Gasteiger partial charge in [-0.25, -0.2) is 4.99 Å². The van der Waals surface area contributed by atoms with E-state index in [2.05, 4.69) is 18.2 Å². The molecule has 0 saturated carbocycles. The third kappa shape index (κ3) is 2.97. The molecule has 3 nitrogen and oxygen atoms in total. The van der Waals surface area contributed by atoms with Crippen LogP contribution in [-0.4, -0.2) is 36.9 Å². The maximum Gasteiger partial charge on any atom is 0.0888 e. The summed E-state index contributed by atoms with van der Waals surface area (Å²) in [5, 5.41) is 10.4. The van der Waals surface area contributed by atoms with E-state index < -0.39 is 0 Å². The van der Waals surface area contributed by atoms with Gasteiger partial charge >= 0.3 is 0 Å². The molecule has 0 aromatic carbocycles. The van der Waals surface area contributed by atoms with Crippen molar-refractivity contribution in [2.75, 3.05) is 26.1 Å². The second kappa shape index (κ2) is 6.23. The van der Waals surface area contributed by atoms with Gasteiger partial charge in [0.25, 0.3) is 0 Å². The van der Waals surface area contributed by atoms with E-state index in [1.54, 1.807) is 6.08 Å². The molecule has 0 bridgehead atoms. The van der Waals surface area contributed by atoms with Crippen molar-refractivity contribution < 1.29 is 9.84 Å². The first kappa shape index (κ1) is 13.5. The number of thioether (sulfide) groups is 1. The minimum Gasteiger partial charge on any atom is -0.395 e.